The fraction of sp³-hybridized carbons (Fsp3) is 0.462. The number of nitrogens with zero attached hydrogens (tertiary/aromatic N) is 1. The minimum absolute atomic E-state index is 0.0233. The fourth-order valence-electron chi connectivity index (χ4n) is 2.34. The first kappa shape index (κ1) is 12.2. The van der Waals surface area contributed by atoms with Crippen LogP contribution in [0.3, 0.4) is 0 Å². The quantitative estimate of drug-likeness (QED) is 0.781. The normalized spacial score (nSPS) is 18.4. The number of rotatable bonds is 1. The highest BCUT2D eigenvalue weighted by Crippen LogP contribution is 2.32. The molecule has 1 amide bonds. The second-order valence-electron chi connectivity index (χ2n) is 5.08. The van der Waals surface area contributed by atoms with Gasteiger partial charge in [0.05, 0.1) is 16.3 Å². The molecule has 2 N–H and O–H groups in total. The Hall–Kier alpha value is -1.22. The summed E-state index contributed by atoms with van der Waals surface area (Å²) >= 11 is 6.09. The maximum atomic E-state index is 12.4. The summed E-state index contributed by atoms with van der Waals surface area (Å²) in [5.74, 6) is -0.0233. The Bertz CT molecular complexity index is 457. The average Bonchev–Trinajstić information content (AvgIpc) is 2.61. The Morgan fingerprint density at radius 3 is 2.76 bits per heavy atom. The van der Waals surface area contributed by atoms with Crippen LogP contribution in [0.1, 0.15) is 37.0 Å². The van der Waals surface area contributed by atoms with Crippen molar-refractivity contribution in [3.63, 3.8) is 0 Å². The molecule has 0 saturated carbocycles. The van der Waals surface area contributed by atoms with Gasteiger partial charge < -0.3 is 10.6 Å². The number of benzene rings is 1. The Morgan fingerprint density at radius 2 is 2.18 bits per heavy atom. The van der Waals surface area contributed by atoms with E-state index in [1.165, 1.54) is 0 Å². The third-order valence-electron chi connectivity index (χ3n) is 3.41. The molecule has 0 unspecified atom stereocenters. The maximum Gasteiger partial charge on any atom is 0.255 e. The van der Waals surface area contributed by atoms with Gasteiger partial charge in [0.25, 0.3) is 5.91 Å². The minimum atomic E-state index is -0.0922. The van der Waals surface area contributed by atoms with Crippen LogP contribution >= 0.6 is 11.6 Å². The van der Waals surface area contributed by atoms with Crippen LogP contribution in [0.2, 0.25) is 5.02 Å². The van der Waals surface area contributed by atoms with Crippen LogP contribution in [0.4, 0.5) is 5.69 Å². The van der Waals surface area contributed by atoms with Gasteiger partial charge in [0.15, 0.2) is 0 Å². The van der Waals surface area contributed by atoms with Crippen LogP contribution in [0, 0.1) is 0 Å². The van der Waals surface area contributed by atoms with Gasteiger partial charge in [-0.25, -0.2) is 0 Å². The first-order chi connectivity index (χ1) is 7.93. The number of carbonyl (C=O) groups excluding carboxylic acids is 1. The molecule has 92 valence electrons. The van der Waals surface area contributed by atoms with Crippen LogP contribution < -0.4 is 5.73 Å². The lowest BCUT2D eigenvalue weighted by atomic mass is 10.0. The second kappa shape index (κ2) is 4.22. The lowest BCUT2D eigenvalue weighted by Gasteiger charge is -2.32. The molecule has 0 bridgehead atoms. The largest absolute Gasteiger partial charge is 0.398 e. The third-order valence-corrected chi connectivity index (χ3v) is 3.83. The number of hydrogen-bond acceptors (Lipinski definition) is 2. The molecule has 0 spiro atoms. The van der Waals surface area contributed by atoms with E-state index in [1.54, 1.807) is 18.2 Å². The average molecular weight is 253 g/mol. The Labute approximate surface area is 107 Å². The molecule has 1 aliphatic heterocycles. The van der Waals surface area contributed by atoms with Gasteiger partial charge >= 0.3 is 0 Å². The summed E-state index contributed by atoms with van der Waals surface area (Å²) in [4.78, 5) is 14.3. The first-order valence-electron chi connectivity index (χ1n) is 5.79. The molecule has 1 aromatic carbocycles. The van der Waals surface area contributed by atoms with Crippen molar-refractivity contribution in [3.8, 4) is 0 Å². The zero-order valence-electron chi connectivity index (χ0n) is 10.2. The molecule has 17 heavy (non-hydrogen) atoms. The van der Waals surface area contributed by atoms with E-state index in [0.29, 0.717) is 16.3 Å². The summed E-state index contributed by atoms with van der Waals surface area (Å²) in [6.45, 7) is 4.95. The van der Waals surface area contributed by atoms with Crippen molar-refractivity contribution in [2.24, 2.45) is 0 Å². The van der Waals surface area contributed by atoms with Gasteiger partial charge in [-0.2, -0.15) is 0 Å². The van der Waals surface area contributed by atoms with Gasteiger partial charge in [-0.15, -0.1) is 0 Å². The molecule has 1 aromatic rings. The van der Waals surface area contributed by atoms with Gasteiger partial charge in [-0.05, 0) is 38.8 Å². The first-order valence-corrected chi connectivity index (χ1v) is 6.17. The van der Waals surface area contributed by atoms with E-state index in [0.717, 1.165) is 19.4 Å². The molecule has 0 aromatic heterocycles. The number of carbonyl (C=O) groups is 1. The topological polar surface area (TPSA) is 46.3 Å². The molecule has 1 fully saturated rings. The summed E-state index contributed by atoms with van der Waals surface area (Å²) in [7, 11) is 0. The predicted molar refractivity (Wildman–Crippen MR) is 70.2 cm³/mol. The highest BCUT2D eigenvalue weighted by atomic mass is 35.5. The number of anilines is 1. The summed E-state index contributed by atoms with van der Waals surface area (Å²) in [6.07, 6.45) is 2.07. The predicted octanol–water partition coefficient (Wildman–Crippen LogP) is 2.94. The molecular weight excluding hydrogens is 236 g/mol. The number of halogens is 1. The fourth-order valence-corrected chi connectivity index (χ4v) is 2.55. The van der Waals surface area contributed by atoms with Crippen molar-refractivity contribution < 1.29 is 4.79 Å². The van der Waals surface area contributed by atoms with Crippen molar-refractivity contribution in [2.45, 2.75) is 32.2 Å². The molecule has 2 rings (SSSR count). The van der Waals surface area contributed by atoms with E-state index < -0.39 is 0 Å². The van der Waals surface area contributed by atoms with Gasteiger partial charge in [0.2, 0.25) is 0 Å². The van der Waals surface area contributed by atoms with Gasteiger partial charge in [-0.1, -0.05) is 17.7 Å². The van der Waals surface area contributed by atoms with E-state index in [4.69, 9.17) is 17.3 Å². The molecule has 1 aliphatic rings. The van der Waals surface area contributed by atoms with E-state index in [-0.39, 0.29) is 11.4 Å². The zero-order chi connectivity index (χ0) is 12.6. The molecule has 1 heterocycles. The number of nitrogens with two attached hydrogens (primary N) is 1. The maximum absolute atomic E-state index is 12.4. The summed E-state index contributed by atoms with van der Waals surface area (Å²) in [5, 5.41) is 0.361. The van der Waals surface area contributed by atoms with Crippen molar-refractivity contribution in [1.29, 1.82) is 0 Å². The van der Waals surface area contributed by atoms with Crippen LogP contribution in [-0.2, 0) is 0 Å². The Kier molecular flexibility index (Phi) is 3.04. The summed E-state index contributed by atoms with van der Waals surface area (Å²) in [6, 6.07) is 5.20. The van der Waals surface area contributed by atoms with Crippen molar-refractivity contribution in [3.05, 3.63) is 28.8 Å². The Balaban J connectivity index is 2.35. The van der Waals surface area contributed by atoms with Crippen molar-refractivity contribution in [2.75, 3.05) is 12.3 Å². The lowest BCUT2D eigenvalue weighted by molar-refractivity contribution is 0.0652. The van der Waals surface area contributed by atoms with Gasteiger partial charge in [-0.3, -0.25) is 4.79 Å². The minimum Gasteiger partial charge on any atom is -0.398 e. The van der Waals surface area contributed by atoms with E-state index in [2.05, 4.69) is 13.8 Å². The van der Waals surface area contributed by atoms with Crippen molar-refractivity contribution >= 4 is 23.2 Å². The zero-order valence-corrected chi connectivity index (χ0v) is 10.9. The highest BCUT2D eigenvalue weighted by molar-refractivity contribution is 6.36. The Morgan fingerprint density at radius 1 is 1.47 bits per heavy atom. The van der Waals surface area contributed by atoms with E-state index >= 15 is 0 Å². The molecule has 0 aliphatic carbocycles. The van der Waals surface area contributed by atoms with E-state index in [1.807, 2.05) is 4.90 Å². The molecule has 3 nitrogen and oxygen atoms in total. The third kappa shape index (κ3) is 2.12. The standard InChI is InChI=1S/C13H17ClN2O/c1-13(2)7-4-8-16(13)12(17)9-5-3-6-10(15)11(9)14/h3,5-6H,4,7-8,15H2,1-2H3. The lowest BCUT2D eigenvalue weighted by Crippen LogP contribution is -2.42. The van der Waals surface area contributed by atoms with E-state index in [9.17, 15) is 4.79 Å². The summed E-state index contributed by atoms with van der Waals surface area (Å²) in [5.41, 5.74) is 6.58. The molecule has 4 heteroatoms. The van der Waals surface area contributed by atoms with Crippen LogP contribution in [0.5, 0.6) is 0 Å². The van der Waals surface area contributed by atoms with Crippen LogP contribution in [0.25, 0.3) is 0 Å². The SMILES string of the molecule is CC1(C)CCCN1C(=O)c1cccc(N)c1Cl. The number of nitrogen functional groups attached to an aromatic ring is 1. The van der Waals surface area contributed by atoms with Crippen LogP contribution in [-0.4, -0.2) is 22.9 Å². The summed E-state index contributed by atoms with van der Waals surface area (Å²) < 4.78 is 0. The van der Waals surface area contributed by atoms with Gasteiger partial charge in [0, 0.05) is 12.1 Å². The smallest absolute Gasteiger partial charge is 0.255 e. The van der Waals surface area contributed by atoms with Crippen LogP contribution in [0.15, 0.2) is 18.2 Å². The molecular formula is C13H17ClN2O. The monoisotopic (exact) mass is 252 g/mol. The molecule has 1 saturated heterocycles. The highest BCUT2D eigenvalue weighted by Gasteiger charge is 2.36. The molecule has 0 atom stereocenters. The number of likely N-dealkylation sites (tertiary alicyclic amines) is 1. The molecule has 0 radical (unpaired) electrons. The van der Waals surface area contributed by atoms with Crippen molar-refractivity contribution in [1.82, 2.24) is 4.90 Å². The number of hydrogen-bond donors (Lipinski definition) is 1. The second-order valence-corrected chi connectivity index (χ2v) is 5.46. The van der Waals surface area contributed by atoms with Gasteiger partial charge in [0.1, 0.15) is 0 Å². The number of amides is 1.